The van der Waals surface area contributed by atoms with Crippen LogP contribution < -0.4 is 5.32 Å². The molecule has 24 heavy (non-hydrogen) atoms. The molecule has 2 heterocycles. The van der Waals surface area contributed by atoms with Gasteiger partial charge in [0.2, 0.25) is 5.95 Å². The molecule has 2 aromatic rings. The van der Waals surface area contributed by atoms with Gasteiger partial charge in [0.25, 0.3) is 0 Å². The average molecular weight is 325 g/mol. The maximum absolute atomic E-state index is 12.4. The SMILES string of the molecule is CN(C[C@@H]1CCCN1C)C(=O)Nc1nccc(-c2ccccc2)n1. The van der Waals surface area contributed by atoms with Gasteiger partial charge in [-0.3, -0.25) is 5.32 Å². The van der Waals surface area contributed by atoms with Crippen LogP contribution in [0.1, 0.15) is 12.8 Å². The summed E-state index contributed by atoms with van der Waals surface area (Å²) in [7, 11) is 3.92. The number of anilines is 1. The third-order valence-corrected chi connectivity index (χ3v) is 4.45. The Morgan fingerprint density at radius 3 is 2.83 bits per heavy atom. The van der Waals surface area contributed by atoms with Gasteiger partial charge in [0.05, 0.1) is 5.69 Å². The van der Waals surface area contributed by atoms with Gasteiger partial charge >= 0.3 is 6.03 Å². The molecule has 1 aromatic carbocycles. The number of aromatic nitrogens is 2. The van der Waals surface area contributed by atoms with Crippen molar-refractivity contribution in [3.05, 3.63) is 42.6 Å². The monoisotopic (exact) mass is 325 g/mol. The van der Waals surface area contributed by atoms with Gasteiger partial charge in [-0.25, -0.2) is 14.8 Å². The normalized spacial score (nSPS) is 17.7. The quantitative estimate of drug-likeness (QED) is 0.939. The molecule has 6 heteroatoms. The smallest absolute Gasteiger partial charge is 0.324 e. The van der Waals surface area contributed by atoms with E-state index in [0.717, 1.165) is 24.2 Å². The highest BCUT2D eigenvalue weighted by molar-refractivity contribution is 5.87. The van der Waals surface area contributed by atoms with Crippen molar-refractivity contribution < 1.29 is 4.79 Å². The van der Waals surface area contributed by atoms with Crippen molar-refractivity contribution >= 4 is 12.0 Å². The molecule has 0 radical (unpaired) electrons. The lowest BCUT2D eigenvalue weighted by Gasteiger charge is -2.25. The van der Waals surface area contributed by atoms with Crippen LogP contribution in [-0.2, 0) is 0 Å². The summed E-state index contributed by atoms with van der Waals surface area (Å²) in [6, 6.07) is 11.9. The van der Waals surface area contributed by atoms with Crippen molar-refractivity contribution in [3.8, 4) is 11.3 Å². The van der Waals surface area contributed by atoms with Crippen molar-refractivity contribution in [2.75, 3.05) is 32.5 Å². The fourth-order valence-corrected chi connectivity index (χ4v) is 2.99. The highest BCUT2D eigenvalue weighted by Gasteiger charge is 2.24. The van der Waals surface area contributed by atoms with Gasteiger partial charge in [-0.2, -0.15) is 0 Å². The van der Waals surface area contributed by atoms with E-state index in [-0.39, 0.29) is 6.03 Å². The lowest BCUT2D eigenvalue weighted by molar-refractivity contribution is 0.201. The van der Waals surface area contributed by atoms with Gasteiger partial charge in [0.15, 0.2) is 0 Å². The Labute approximate surface area is 142 Å². The molecule has 0 bridgehead atoms. The number of urea groups is 1. The minimum Gasteiger partial charge on any atom is -0.326 e. The second-order valence-electron chi connectivity index (χ2n) is 6.22. The minimum absolute atomic E-state index is 0.180. The molecule has 0 saturated carbocycles. The summed E-state index contributed by atoms with van der Waals surface area (Å²) < 4.78 is 0. The van der Waals surface area contributed by atoms with Crippen molar-refractivity contribution in [2.45, 2.75) is 18.9 Å². The van der Waals surface area contributed by atoms with E-state index in [4.69, 9.17) is 0 Å². The molecule has 1 atom stereocenters. The number of nitrogens with zero attached hydrogens (tertiary/aromatic N) is 4. The van der Waals surface area contributed by atoms with Crippen LogP contribution >= 0.6 is 0 Å². The Morgan fingerprint density at radius 1 is 1.33 bits per heavy atom. The number of carbonyl (C=O) groups is 1. The van der Waals surface area contributed by atoms with Crippen molar-refractivity contribution in [3.63, 3.8) is 0 Å². The Morgan fingerprint density at radius 2 is 2.12 bits per heavy atom. The predicted molar refractivity (Wildman–Crippen MR) is 94.8 cm³/mol. The summed E-state index contributed by atoms with van der Waals surface area (Å²) in [5.41, 5.74) is 1.79. The Bertz CT molecular complexity index is 691. The third-order valence-electron chi connectivity index (χ3n) is 4.45. The standard InChI is InChI=1S/C18H23N5O/c1-22-12-6-9-15(22)13-23(2)18(24)21-17-19-11-10-16(20-17)14-7-4-3-5-8-14/h3-5,7-8,10-11,15H,6,9,12-13H2,1-2H3,(H,19,20,21,24)/t15-/m0/s1. The summed E-state index contributed by atoms with van der Waals surface area (Å²) in [4.78, 5) is 25.0. The Balaban J connectivity index is 1.64. The number of hydrogen-bond donors (Lipinski definition) is 1. The Kier molecular flexibility index (Phi) is 5.05. The van der Waals surface area contributed by atoms with Crippen molar-refractivity contribution in [2.24, 2.45) is 0 Å². The van der Waals surface area contributed by atoms with E-state index in [1.165, 1.54) is 6.42 Å². The number of rotatable bonds is 4. The van der Waals surface area contributed by atoms with E-state index in [1.807, 2.05) is 43.4 Å². The zero-order valence-electron chi connectivity index (χ0n) is 14.1. The first kappa shape index (κ1) is 16.4. The van der Waals surface area contributed by atoms with E-state index in [9.17, 15) is 4.79 Å². The maximum atomic E-state index is 12.4. The van der Waals surface area contributed by atoms with Gasteiger partial charge < -0.3 is 9.80 Å². The molecule has 0 unspecified atom stereocenters. The molecule has 3 rings (SSSR count). The summed E-state index contributed by atoms with van der Waals surface area (Å²) in [5.74, 6) is 0.327. The summed E-state index contributed by atoms with van der Waals surface area (Å²) in [6.07, 6.45) is 3.99. The third kappa shape index (κ3) is 3.89. The molecule has 1 aliphatic heterocycles. The van der Waals surface area contributed by atoms with Crippen molar-refractivity contribution in [1.82, 2.24) is 19.8 Å². The van der Waals surface area contributed by atoms with Gasteiger partial charge in [0, 0.05) is 31.4 Å². The first-order valence-electron chi connectivity index (χ1n) is 8.24. The maximum Gasteiger partial charge on any atom is 0.324 e. The number of carbonyl (C=O) groups excluding carboxylic acids is 1. The number of likely N-dealkylation sites (tertiary alicyclic amines) is 1. The molecule has 1 N–H and O–H groups in total. The molecule has 1 saturated heterocycles. The Hall–Kier alpha value is -2.47. The second-order valence-corrected chi connectivity index (χ2v) is 6.22. The van der Waals surface area contributed by atoms with E-state index in [1.54, 1.807) is 11.1 Å². The molecule has 0 spiro atoms. The van der Waals surface area contributed by atoms with E-state index in [2.05, 4.69) is 27.2 Å². The number of benzene rings is 1. The van der Waals surface area contributed by atoms with Crippen LogP contribution in [0.5, 0.6) is 0 Å². The molecule has 2 amide bonds. The number of nitrogens with one attached hydrogen (secondary N) is 1. The summed E-state index contributed by atoms with van der Waals surface area (Å²) in [6.45, 7) is 1.81. The number of amides is 2. The first-order chi connectivity index (χ1) is 11.6. The highest BCUT2D eigenvalue weighted by atomic mass is 16.2. The number of hydrogen-bond acceptors (Lipinski definition) is 4. The minimum atomic E-state index is -0.180. The van der Waals surface area contributed by atoms with Gasteiger partial charge in [-0.05, 0) is 32.5 Å². The summed E-state index contributed by atoms with van der Waals surface area (Å²) in [5, 5.41) is 2.79. The van der Waals surface area contributed by atoms with E-state index < -0.39 is 0 Å². The molecular weight excluding hydrogens is 302 g/mol. The fourth-order valence-electron chi connectivity index (χ4n) is 2.99. The summed E-state index contributed by atoms with van der Waals surface area (Å²) >= 11 is 0. The molecular formula is C18H23N5O. The van der Waals surface area contributed by atoms with Gasteiger partial charge in [-0.1, -0.05) is 30.3 Å². The highest BCUT2D eigenvalue weighted by Crippen LogP contribution is 2.18. The fraction of sp³-hybridized carbons (Fsp3) is 0.389. The van der Waals surface area contributed by atoms with Crippen LogP contribution in [0.25, 0.3) is 11.3 Å². The van der Waals surface area contributed by atoms with Crippen LogP contribution in [0, 0.1) is 0 Å². The van der Waals surface area contributed by atoms with E-state index in [0.29, 0.717) is 18.5 Å². The molecule has 1 aliphatic rings. The van der Waals surface area contributed by atoms with Gasteiger partial charge in [-0.15, -0.1) is 0 Å². The van der Waals surface area contributed by atoms with Crippen LogP contribution in [0.3, 0.4) is 0 Å². The van der Waals surface area contributed by atoms with E-state index >= 15 is 0 Å². The van der Waals surface area contributed by atoms with Crippen molar-refractivity contribution in [1.29, 1.82) is 0 Å². The zero-order chi connectivity index (χ0) is 16.9. The van der Waals surface area contributed by atoms with Crippen LogP contribution in [0.15, 0.2) is 42.6 Å². The average Bonchev–Trinajstić information content (AvgIpc) is 3.00. The first-order valence-corrected chi connectivity index (χ1v) is 8.24. The largest absolute Gasteiger partial charge is 0.326 e. The van der Waals surface area contributed by atoms with Crippen LogP contribution in [-0.4, -0.2) is 59.0 Å². The zero-order valence-corrected chi connectivity index (χ0v) is 14.1. The van der Waals surface area contributed by atoms with Gasteiger partial charge in [0.1, 0.15) is 0 Å². The lowest BCUT2D eigenvalue weighted by atomic mass is 10.1. The topological polar surface area (TPSA) is 61.4 Å². The van der Waals surface area contributed by atoms with Crippen LogP contribution in [0.2, 0.25) is 0 Å². The molecule has 6 nitrogen and oxygen atoms in total. The molecule has 1 fully saturated rings. The molecule has 126 valence electrons. The predicted octanol–water partition coefficient (Wildman–Crippen LogP) is 2.70. The number of likely N-dealkylation sites (N-methyl/N-ethyl adjacent to an activating group) is 2. The van der Waals surface area contributed by atoms with Crippen LogP contribution in [0.4, 0.5) is 10.7 Å². The lowest BCUT2D eigenvalue weighted by Crippen LogP contribution is -2.41. The molecule has 1 aromatic heterocycles. The molecule has 0 aliphatic carbocycles. The second kappa shape index (κ2) is 7.40.